The number of carbonyl (C=O) groups excluding carboxylic acids is 1. The lowest BCUT2D eigenvalue weighted by atomic mass is 10.1. The molecule has 1 unspecified atom stereocenters. The van der Waals surface area contributed by atoms with Gasteiger partial charge in [-0.2, -0.15) is 0 Å². The maximum absolute atomic E-state index is 13.0. The highest BCUT2D eigenvalue weighted by atomic mass is 16.5. The van der Waals surface area contributed by atoms with Gasteiger partial charge in [0.2, 0.25) is 0 Å². The van der Waals surface area contributed by atoms with E-state index in [9.17, 15) is 4.79 Å². The minimum absolute atomic E-state index is 0.114. The lowest BCUT2D eigenvalue weighted by molar-refractivity contribution is 0.0928. The van der Waals surface area contributed by atoms with E-state index in [0.29, 0.717) is 23.9 Å². The number of amides is 1. The summed E-state index contributed by atoms with van der Waals surface area (Å²) in [6.07, 6.45) is 9.33. The van der Waals surface area contributed by atoms with Crippen LogP contribution in [0.2, 0.25) is 0 Å². The van der Waals surface area contributed by atoms with E-state index in [0.717, 1.165) is 37.9 Å². The minimum Gasteiger partial charge on any atom is -0.376 e. The van der Waals surface area contributed by atoms with Crippen molar-refractivity contribution >= 4 is 11.7 Å². The quantitative estimate of drug-likeness (QED) is 0.719. The van der Waals surface area contributed by atoms with Crippen molar-refractivity contribution in [3.63, 3.8) is 0 Å². The second-order valence-corrected chi connectivity index (χ2v) is 8.01. The van der Waals surface area contributed by atoms with E-state index in [1.54, 1.807) is 6.07 Å². The lowest BCUT2D eigenvalue weighted by Crippen LogP contribution is -2.35. The summed E-state index contributed by atoms with van der Waals surface area (Å²) < 4.78 is 5.69. The number of rotatable bonds is 6. The van der Waals surface area contributed by atoms with Crippen molar-refractivity contribution in [3.8, 4) is 11.4 Å². The highest BCUT2D eigenvalue weighted by Gasteiger charge is 2.20. The highest BCUT2D eigenvalue weighted by molar-refractivity contribution is 5.93. The maximum atomic E-state index is 13.0. The zero-order valence-corrected chi connectivity index (χ0v) is 16.9. The van der Waals surface area contributed by atoms with E-state index in [1.165, 1.54) is 25.7 Å². The Morgan fingerprint density at radius 1 is 1.00 bits per heavy atom. The topological polar surface area (TPSA) is 76.1 Å². The average Bonchev–Trinajstić information content (AvgIpc) is 3.16. The Balaban J connectivity index is 1.53. The smallest absolute Gasteiger partial charge is 0.270 e. The molecule has 1 aliphatic heterocycles. The molecule has 1 amide bonds. The largest absolute Gasteiger partial charge is 0.376 e. The summed E-state index contributed by atoms with van der Waals surface area (Å²) in [6, 6.07) is 11.8. The van der Waals surface area contributed by atoms with Gasteiger partial charge in [0.15, 0.2) is 5.82 Å². The van der Waals surface area contributed by atoms with Crippen molar-refractivity contribution in [1.82, 2.24) is 15.3 Å². The third kappa shape index (κ3) is 5.54. The number of hydrogen-bond acceptors (Lipinski definition) is 5. The molecule has 0 radical (unpaired) electrons. The van der Waals surface area contributed by atoms with Crippen LogP contribution in [0.3, 0.4) is 0 Å². The zero-order valence-electron chi connectivity index (χ0n) is 16.9. The van der Waals surface area contributed by atoms with Gasteiger partial charge in [0.1, 0.15) is 11.5 Å². The number of ether oxygens (including phenoxy) is 1. The van der Waals surface area contributed by atoms with Crippen LogP contribution >= 0.6 is 0 Å². The zero-order chi connectivity index (χ0) is 19.9. The van der Waals surface area contributed by atoms with Crippen molar-refractivity contribution in [1.29, 1.82) is 0 Å². The van der Waals surface area contributed by atoms with Crippen molar-refractivity contribution in [2.45, 2.75) is 63.5 Å². The normalized spacial score (nSPS) is 20.2. The molecule has 1 saturated heterocycles. The van der Waals surface area contributed by atoms with Crippen molar-refractivity contribution in [2.75, 3.05) is 18.5 Å². The Morgan fingerprint density at radius 3 is 2.52 bits per heavy atom. The van der Waals surface area contributed by atoms with Gasteiger partial charge >= 0.3 is 0 Å². The monoisotopic (exact) mass is 394 g/mol. The van der Waals surface area contributed by atoms with Gasteiger partial charge in [0.25, 0.3) is 5.91 Å². The van der Waals surface area contributed by atoms with E-state index in [-0.39, 0.29) is 18.1 Å². The average molecular weight is 395 g/mol. The van der Waals surface area contributed by atoms with Crippen LogP contribution in [0.5, 0.6) is 0 Å². The number of benzene rings is 1. The van der Waals surface area contributed by atoms with Gasteiger partial charge in [0.05, 0.1) is 6.10 Å². The summed E-state index contributed by atoms with van der Waals surface area (Å²) in [5.74, 6) is 1.12. The fraction of sp³-hybridized carbons (Fsp3) is 0.522. The molecule has 2 fully saturated rings. The predicted molar refractivity (Wildman–Crippen MR) is 114 cm³/mol. The molecule has 1 aromatic carbocycles. The Labute approximate surface area is 172 Å². The molecule has 1 saturated carbocycles. The lowest BCUT2D eigenvalue weighted by Gasteiger charge is -2.17. The molecule has 29 heavy (non-hydrogen) atoms. The minimum atomic E-state index is -0.114. The Bertz CT molecular complexity index is 798. The van der Waals surface area contributed by atoms with Crippen LogP contribution in [0.25, 0.3) is 11.4 Å². The molecule has 2 aromatic rings. The second kappa shape index (κ2) is 9.83. The number of nitrogens with zero attached hydrogens (tertiary/aromatic N) is 2. The number of hydrogen-bond donors (Lipinski definition) is 2. The van der Waals surface area contributed by atoms with Crippen LogP contribution in [0.1, 0.15) is 61.9 Å². The molecular formula is C23H30N4O2. The summed E-state index contributed by atoms with van der Waals surface area (Å²) in [4.78, 5) is 22.2. The van der Waals surface area contributed by atoms with Crippen molar-refractivity contribution in [3.05, 3.63) is 42.1 Å². The number of anilines is 1. The first-order valence-electron chi connectivity index (χ1n) is 10.9. The third-order valence-corrected chi connectivity index (χ3v) is 5.72. The van der Waals surface area contributed by atoms with Crippen LogP contribution in [0.15, 0.2) is 36.4 Å². The van der Waals surface area contributed by atoms with Gasteiger partial charge < -0.3 is 15.4 Å². The molecule has 1 aliphatic carbocycles. The van der Waals surface area contributed by atoms with Crippen molar-refractivity contribution < 1.29 is 9.53 Å². The molecule has 2 N–H and O–H groups in total. The molecule has 0 bridgehead atoms. The summed E-state index contributed by atoms with van der Waals surface area (Å²) in [5.41, 5.74) is 1.31. The standard InChI is InChI=1S/C23H30N4O2/c28-23(25-18-11-6-1-2-7-12-18)20-15-21(24-16-19-13-8-14-29-19)27-22(26-20)17-9-4-3-5-10-17/h3-5,9-10,15,18-19H,1-2,6-8,11-14,16H2,(H,25,28)(H,24,26,27). The predicted octanol–water partition coefficient (Wildman–Crippen LogP) is 4.19. The molecule has 154 valence electrons. The fourth-order valence-corrected chi connectivity index (χ4v) is 4.08. The number of nitrogens with one attached hydrogen (secondary N) is 2. The molecular weight excluding hydrogens is 364 g/mol. The van der Waals surface area contributed by atoms with Gasteiger partial charge in [-0.3, -0.25) is 4.79 Å². The molecule has 1 atom stereocenters. The Morgan fingerprint density at radius 2 is 1.79 bits per heavy atom. The van der Waals surface area contributed by atoms with E-state index in [4.69, 9.17) is 4.74 Å². The Hall–Kier alpha value is -2.47. The van der Waals surface area contributed by atoms with Gasteiger partial charge in [-0.15, -0.1) is 0 Å². The highest BCUT2D eigenvalue weighted by Crippen LogP contribution is 2.21. The number of aromatic nitrogens is 2. The first-order chi connectivity index (χ1) is 14.3. The van der Waals surface area contributed by atoms with Crippen LogP contribution < -0.4 is 10.6 Å². The summed E-state index contributed by atoms with van der Waals surface area (Å²) in [7, 11) is 0. The van der Waals surface area contributed by atoms with Crippen LogP contribution in [0, 0.1) is 0 Å². The molecule has 2 aliphatic rings. The first-order valence-corrected chi connectivity index (χ1v) is 10.9. The summed E-state index contributed by atoms with van der Waals surface area (Å²) in [5, 5.41) is 6.55. The van der Waals surface area contributed by atoms with E-state index in [2.05, 4.69) is 20.6 Å². The molecule has 4 rings (SSSR count). The van der Waals surface area contributed by atoms with E-state index < -0.39 is 0 Å². The van der Waals surface area contributed by atoms with Crippen molar-refractivity contribution in [2.24, 2.45) is 0 Å². The van der Waals surface area contributed by atoms with Gasteiger partial charge in [0, 0.05) is 30.8 Å². The van der Waals surface area contributed by atoms with E-state index >= 15 is 0 Å². The number of carbonyl (C=O) groups is 1. The summed E-state index contributed by atoms with van der Waals surface area (Å²) >= 11 is 0. The van der Waals surface area contributed by atoms with Gasteiger partial charge in [-0.1, -0.05) is 56.0 Å². The maximum Gasteiger partial charge on any atom is 0.270 e. The molecule has 6 heteroatoms. The fourth-order valence-electron chi connectivity index (χ4n) is 4.08. The van der Waals surface area contributed by atoms with E-state index in [1.807, 2.05) is 30.3 Å². The van der Waals surface area contributed by atoms with Gasteiger partial charge in [-0.25, -0.2) is 9.97 Å². The Kier molecular flexibility index (Phi) is 6.72. The SMILES string of the molecule is O=C(NC1CCCCCC1)c1cc(NCC2CCCO2)nc(-c2ccccc2)n1. The second-order valence-electron chi connectivity index (χ2n) is 8.01. The van der Waals surface area contributed by atoms with Crippen LogP contribution in [-0.2, 0) is 4.74 Å². The third-order valence-electron chi connectivity index (χ3n) is 5.72. The molecule has 0 spiro atoms. The first kappa shape index (κ1) is 19.8. The molecule has 1 aromatic heterocycles. The van der Waals surface area contributed by atoms with Crippen LogP contribution in [0.4, 0.5) is 5.82 Å². The van der Waals surface area contributed by atoms with Crippen LogP contribution in [-0.4, -0.2) is 41.2 Å². The summed E-state index contributed by atoms with van der Waals surface area (Å²) in [6.45, 7) is 1.51. The molecule has 2 heterocycles. The van der Waals surface area contributed by atoms with Gasteiger partial charge in [-0.05, 0) is 25.7 Å². The molecule has 6 nitrogen and oxygen atoms in total.